The highest BCUT2D eigenvalue weighted by Crippen LogP contribution is 2.48. The molecule has 1 fully saturated rings. The van der Waals surface area contributed by atoms with E-state index in [2.05, 4.69) is 5.10 Å². The van der Waals surface area contributed by atoms with Gasteiger partial charge in [-0.25, -0.2) is 0 Å². The highest BCUT2D eigenvalue weighted by molar-refractivity contribution is 5.99. The average molecular weight is 312 g/mol. The molecule has 2 aliphatic rings. The minimum absolute atomic E-state index is 0.0631. The third-order valence-electron chi connectivity index (χ3n) is 4.25. The van der Waals surface area contributed by atoms with Crippen molar-refractivity contribution in [2.24, 2.45) is 11.0 Å². The van der Waals surface area contributed by atoms with E-state index in [1.807, 2.05) is 0 Å². The molecule has 0 bridgehead atoms. The second-order valence-corrected chi connectivity index (χ2v) is 5.60. The monoisotopic (exact) mass is 312 g/mol. The molecule has 0 radical (unpaired) electrons. The van der Waals surface area contributed by atoms with Crippen LogP contribution in [0.5, 0.6) is 0 Å². The summed E-state index contributed by atoms with van der Waals surface area (Å²) in [7, 11) is 0. The quantitative estimate of drug-likeness (QED) is 0.867. The molecule has 2 atom stereocenters. The lowest BCUT2D eigenvalue weighted by molar-refractivity contribution is -0.312. The van der Waals surface area contributed by atoms with E-state index in [0.717, 1.165) is 6.42 Å². The maximum absolute atomic E-state index is 13.5. The molecule has 1 aromatic rings. The van der Waals surface area contributed by atoms with Crippen LogP contribution in [-0.2, 0) is 0 Å². The van der Waals surface area contributed by atoms with Gasteiger partial charge in [0.15, 0.2) is 0 Å². The first kappa shape index (κ1) is 15.0. The van der Waals surface area contributed by atoms with Crippen molar-refractivity contribution in [3.05, 3.63) is 35.9 Å². The number of hydrazone groups is 1. The molecule has 0 unspecified atom stereocenters. The van der Waals surface area contributed by atoms with E-state index in [0.29, 0.717) is 12.8 Å². The number of carbonyl (C=O) groups is 1. The van der Waals surface area contributed by atoms with Crippen molar-refractivity contribution in [1.82, 2.24) is 5.01 Å². The van der Waals surface area contributed by atoms with Gasteiger partial charge in [-0.05, 0) is 31.4 Å². The van der Waals surface area contributed by atoms with Gasteiger partial charge in [-0.3, -0.25) is 4.79 Å². The standard InChI is InChI=1S/C15H15F3N2O2/c16-15(17,18)14(22)11-8-4-5-9-12(11)19-20(14)13(21)10-6-2-1-3-7-10/h1-3,6-7,11,22H,4-5,8-9H2/t11-,14-/m1/s1. The number of halogens is 3. The van der Waals surface area contributed by atoms with Gasteiger partial charge in [0.2, 0.25) is 0 Å². The Balaban J connectivity index is 2.04. The van der Waals surface area contributed by atoms with Crippen molar-refractivity contribution in [1.29, 1.82) is 0 Å². The van der Waals surface area contributed by atoms with Crippen LogP contribution in [0.1, 0.15) is 36.0 Å². The number of fused-ring (bicyclic) bond motifs is 1. The SMILES string of the molecule is O=C(c1ccccc1)N1N=C2CCCC[C@H]2[C@@]1(O)C(F)(F)F. The van der Waals surface area contributed by atoms with E-state index >= 15 is 0 Å². The molecule has 1 aliphatic carbocycles. The summed E-state index contributed by atoms with van der Waals surface area (Å²) < 4.78 is 40.6. The lowest BCUT2D eigenvalue weighted by atomic mass is 9.80. The minimum atomic E-state index is -4.97. The van der Waals surface area contributed by atoms with Crippen molar-refractivity contribution >= 4 is 11.6 Å². The first-order valence-electron chi connectivity index (χ1n) is 7.12. The first-order valence-corrected chi connectivity index (χ1v) is 7.12. The normalized spacial score (nSPS) is 28.3. The van der Waals surface area contributed by atoms with Gasteiger partial charge in [-0.1, -0.05) is 24.6 Å². The minimum Gasteiger partial charge on any atom is -0.362 e. The van der Waals surface area contributed by atoms with Gasteiger partial charge in [0, 0.05) is 11.3 Å². The summed E-state index contributed by atoms with van der Waals surface area (Å²) in [4.78, 5) is 12.4. The van der Waals surface area contributed by atoms with Gasteiger partial charge >= 0.3 is 6.18 Å². The molecular formula is C15H15F3N2O2. The summed E-state index contributed by atoms with van der Waals surface area (Å²) in [6.45, 7) is 0. The summed E-state index contributed by atoms with van der Waals surface area (Å²) in [5.41, 5.74) is -2.93. The maximum Gasteiger partial charge on any atom is 0.439 e. The fourth-order valence-corrected chi connectivity index (χ4v) is 3.12. The smallest absolute Gasteiger partial charge is 0.362 e. The molecule has 1 N–H and O–H groups in total. The Morgan fingerprint density at radius 1 is 1.27 bits per heavy atom. The zero-order chi connectivity index (χ0) is 16.0. The number of carbonyl (C=O) groups excluding carboxylic acids is 1. The Kier molecular flexibility index (Phi) is 3.47. The molecule has 3 rings (SSSR count). The third kappa shape index (κ3) is 2.11. The number of amides is 1. The fraction of sp³-hybridized carbons (Fsp3) is 0.467. The third-order valence-corrected chi connectivity index (χ3v) is 4.25. The van der Waals surface area contributed by atoms with E-state index < -0.39 is 23.7 Å². The molecule has 7 heteroatoms. The Hall–Kier alpha value is -1.89. The molecule has 0 spiro atoms. The number of alkyl halides is 3. The molecule has 1 heterocycles. The Morgan fingerprint density at radius 2 is 1.95 bits per heavy atom. The van der Waals surface area contributed by atoms with Gasteiger partial charge < -0.3 is 5.11 Å². The second kappa shape index (κ2) is 5.08. The summed E-state index contributed by atoms with van der Waals surface area (Å²) in [6, 6.07) is 7.57. The fourth-order valence-electron chi connectivity index (χ4n) is 3.12. The molecule has 0 saturated heterocycles. The zero-order valence-corrected chi connectivity index (χ0v) is 11.7. The topological polar surface area (TPSA) is 52.9 Å². The molecular weight excluding hydrogens is 297 g/mol. The van der Waals surface area contributed by atoms with E-state index in [1.165, 1.54) is 12.1 Å². The lowest BCUT2D eigenvalue weighted by Crippen LogP contribution is -2.61. The summed E-state index contributed by atoms with van der Waals surface area (Å²) in [5.74, 6) is -2.11. The van der Waals surface area contributed by atoms with Gasteiger partial charge in [0.05, 0.1) is 5.92 Å². The number of hydrogen-bond acceptors (Lipinski definition) is 3. The Morgan fingerprint density at radius 3 is 2.59 bits per heavy atom. The molecule has 0 aromatic heterocycles. The average Bonchev–Trinajstić information content (AvgIpc) is 2.82. The summed E-state index contributed by atoms with van der Waals surface area (Å²) >= 11 is 0. The highest BCUT2D eigenvalue weighted by Gasteiger charge is 2.68. The van der Waals surface area contributed by atoms with Crippen molar-refractivity contribution in [2.75, 3.05) is 0 Å². The van der Waals surface area contributed by atoms with Crippen LogP contribution in [-0.4, -0.2) is 33.6 Å². The number of benzene rings is 1. The van der Waals surface area contributed by atoms with Crippen LogP contribution < -0.4 is 0 Å². The van der Waals surface area contributed by atoms with Crippen LogP contribution in [0.2, 0.25) is 0 Å². The van der Waals surface area contributed by atoms with Crippen LogP contribution in [0.4, 0.5) is 13.2 Å². The molecule has 22 heavy (non-hydrogen) atoms. The van der Waals surface area contributed by atoms with E-state index in [4.69, 9.17) is 0 Å². The van der Waals surface area contributed by atoms with Crippen LogP contribution in [0.3, 0.4) is 0 Å². The molecule has 4 nitrogen and oxygen atoms in total. The molecule has 1 aromatic carbocycles. The van der Waals surface area contributed by atoms with Crippen molar-refractivity contribution < 1.29 is 23.1 Å². The Bertz CT molecular complexity index is 615. The van der Waals surface area contributed by atoms with E-state index in [1.54, 1.807) is 18.2 Å². The van der Waals surface area contributed by atoms with Gasteiger partial charge in [0.1, 0.15) is 0 Å². The number of aliphatic hydroxyl groups is 1. The van der Waals surface area contributed by atoms with Crippen LogP contribution in [0, 0.1) is 5.92 Å². The summed E-state index contributed by atoms with van der Waals surface area (Å²) in [6.07, 6.45) is -3.12. The van der Waals surface area contributed by atoms with Crippen LogP contribution in [0.15, 0.2) is 35.4 Å². The number of rotatable bonds is 1. The van der Waals surface area contributed by atoms with Gasteiger partial charge in [-0.2, -0.15) is 23.3 Å². The highest BCUT2D eigenvalue weighted by atomic mass is 19.4. The second-order valence-electron chi connectivity index (χ2n) is 5.60. The zero-order valence-electron chi connectivity index (χ0n) is 11.7. The molecule has 1 aliphatic heterocycles. The Labute approximate surface area is 125 Å². The van der Waals surface area contributed by atoms with Crippen LogP contribution in [0.25, 0.3) is 0 Å². The van der Waals surface area contributed by atoms with Crippen molar-refractivity contribution in [2.45, 2.75) is 37.6 Å². The van der Waals surface area contributed by atoms with Crippen molar-refractivity contribution in [3.8, 4) is 0 Å². The maximum atomic E-state index is 13.5. The predicted octanol–water partition coefficient (Wildman–Crippen LogP) is 2.94. The van der Waals surface area contributed by atoms with E-state index in [9.17, 15) is 23.1 Å². The van der Waals surface area contributed by atoms with Gasteiger partial charge in [-0.15, -0.1) is 0 Å². The molecule has 1 amide bonds. The number of nitrogens with zero attached hydrogens (tertiary/aromatic N) is 2. The largest absolute Gasteiger partial charge is 0.439 e. The van der Waals surface area contributed by atoms with Gasteiger partial charge in [0.25, 0.3) is 11.6 Å². The first-order chi connectivity index (χ1) is 10.4. The van der Waals surface area contributed by atoms with Crippen LogP contribution >= 0.6 is 0 Å². The van der Waals surface area contributed by atoms with Crippen molar-refractivity contribution in [3.63, 3.8) is 0 Å². The number of hydrogen-bond donors (Lipinski definition) is 1. The predicted molar refractivity (Wildman–Crippen MR) is 73.0 cm³/mol. The molecule has 1 saturated carbocycles. The van der Waals surface area contributed by atoms with E-state index in [-0.39, 0.29) is 22.7 Å². The summed E-state index contributed by atoms with van der Waals surface area (Å²) in [5, 5.41) is 14.4. The molecule has 118 valence electrons. The lowest BCUT2D eigenvalue weighted by Gasteiger charge is -2.38.